The van der Waals surface area contributed by atoms with E-state index in [1.165, 1.54) is 5.56 Å². The molecule has 0 unspecified atom stereocenters. The molecule has 0 aliphatic carbocycles. The molecule has 0 aliphatic rings. The molecule has 0 saturated heterocycles. The molecule has 0 aliphatic heterocycles. The predicted octanol–water partition coefficient (Wildman–Crippen LogP) is 3.50. The van der Waals surface area contributed by atoms with E-state index in [1.807, 2.05) is 37.3 Å². The number of nitrogens with zero attached hydrogens (tertiary/aromatic N) is 1. The third-order valence-corrected chi connectivity index (χ3v) is 1.78. The Labute approximate surface area is 85.2 Å². The molecule has 1 N–H and O–H groups in total. The molecule has 0 atom stereocenters. The van der Waals surface area contributed by atoms with Crippen molar-refractivity contribution in [3.8, 4) is 0 Å². The molecule has 0 amide bonds. The van der Waals surface area contributed by atoms with E-state index in [2.05, 4.69) is 5.32 Å². The summed E-state index contributed by atoms with van der Waals surface area (Å²) in [6, 6.07) is 10.1. The van der Waals surface area contributed by atoms with Crippen molar-refractivity contribution in [2.24, 2.45) is 0 Å². The lowest BCUT2D eigenvalue weighted by Crippen LogP contribution is -1.87. The van der Waals surface area contributed by atoms with Crippen LogP contribution in [0.15, 0.2) is 42.1 Å². The quantitative estimate of drug-likeness (QED) is 0.700. The molecular weight excluding hydrogens is 172 g/mol. The van der Waals surface area contributed by atoms with E-state index >= 15 is 0 Å². The largest absolute Gasteiger partial charge is 0.684 e. The molecule has 1 rings (SSSR count). The first-order valence-corrected chi connectivity index (χ1v) is 4.63. The Balaban J connectivity index is 2.45. The van der Waals surface area contributed by atoms with Gasteiger partial charge >= 0.3 is 0 Å². The van der Waals surface area contributed by atoms with Gasteiger partial charge in [0.2, 0.25) is 0 Å². The Bertz CT molecular complexity index is 325. The number of hydrogen-bond donors (Lipinski definition) is 1. The standard InChI is InChI=1S/C12H15N2/c1-10(13)8-11(2)14-9-12-6-4-3-5-7-12/h3-8,13H,9H2,1-2H3/q-1/b11-8-,13-10?. The first-order chi connectivity index (χ1) is 6.68. The summed E-state index contributed by atoms with van der Waals surface area (Å²) < 4.78 is 0. The van der Waals surface area contributed by atoms with E-state index < -0.39 is 0 Å². The first-order valence-electron chi connectivity index (χ1n) is 4.63. The highest BCUT2D eigenvalue weighted by Gasteiger charge is 1.82. The summed E-state index contributed by atoms with van der Waals surface area (Å²) in [5.41, 5.74) is 2.64. The number of allylic oxidation sites excluding steroid dienone is 2. The fourth-order valence-corrected chi connectivity index (χ4v) is 1.16. The predicted molar refractivity (Wildman–Crippen MR) is 60.7 cm³/mol. The number of rotatable bonds is 4. The van der Waals surface area contributed by atoms with E-state index in [1.54, 1.807) is 13.0 Å². The minimum absolute atomic E-state index is 0.541. The SMILES string of the molecule is CC(=N)/C=C(/C)[N-]Cc1ccccc1. The van der Waals surface area contributed by atoms with Crippen molar-refractivity contribution in [3.05, 3.63) is 53.0 Å². The van der Waals surface area contributed by atoms with Crippen LogP contribution in [0.1, 0.15) is 19.4 Å². The molecule has 0 spiro atoms. The number of hydrogen-bond acceptors (Lipinski definition) is 1. The van der Waals surface area contributed by atoms with Crippen LogP contribution in [-0.2, 0) is 6.54 Å². The second-order valence-electron chi connectivity index (χ2n) is 3.27. The average Bonchev–Trinajstić information content (AvgIpc) is 2.15. The molecule has 0 aromatic heterocycles. The topological polar surface area (TPSA) is 38.0 Å². The third-order valence-electron chi connectivity index (χ3n) is 1.78. The lowest BCUT2D eigenvalue weighted by molar-refractivity contribution is 1.17. The summed E-state index contributed by atoms with van der Waals surface area (Å²) in [5, 5.41) is 11.6. The molecule has 1 aromatic carbocycles. The van der Waals surface area contributed by atoms with Gasteiger partial charge in [0.05, 0.1) is 0 Å². The van der Waals surface area contributed by atoms with Crippen LogP contribution < -0.4 is 0 Å². The van der Waals surface area contributed by atoms with Gasteiger partial charge in [-0.2, -0.15) is 5.70 Å². The van der Waals surface area contributed by atoms with Crippen LogP contribution in [-0.4, -0.2) is 5.71 Å². The highest BCUT2D eigenvalue weighted by atomic mass is 14.9. The van der Waals surface area contributed by atoms with Crippen LogP contribution in [0.25, 0.3) is 5.32 Å². The Morgan fingerprint density at radius 3 is 2.50 bits per heavy atom. The van der Waals surface area contributed by atoms with Gasteiger partial charge in [-0.1, -0.05) is 48.9 Å². The van der Waals surface area contributed by atoms with E-state index in [9.17, 15) is 0 Å². The van der Waals surface area contributed by atoms with Crippen molar-refractivity contribution in [3.63, 3.8) is 0 Å². The van der Waals surface area contributed by atoms with Crippen LogP contribution in [0.4, 0.5) is 0 Å². The summed E-state index contributed by atoms with van der Waals surface area (Å²) >= 11 is 0. The molecule has 0 heterocycles. The summed E-state index contributed by atoms with van der Waals surface area (Å²) in [7, 11) is 0. The molecular formula is C12H15N2-. The Kier molecular flexibility index (Phi) is 3.92. The van der Waals surface area contributed by atoms with Crippen LogP contribution in [0, 0.1) is 5.41 Å². The lowest BCUT2D eigenvalue weighted by Gasteiger charge is -2.21. The number of benzene rings is 1. The maximum Gasteiger partial charge on any atom is 0.0267 e. The molecule has 74 valence electrons. The smallest absolute Gasteiger partial charge is 0.0267 e. The second kappa shape index (κ2) is 5.22. The highest BCUT2D eigenvalue weighted by Crippen LogP contribution is 2.11. The van der Waals surface area contributed by atoms with Gasteiger partial charge in [0.25, 0.3) is 0 Å². The van der Waals surface area contributed by atoms with Crippen LogP contribution >= 0.6 is 0 Å². The molecule has 14 heavy (non-hydrogen) atoms. The van der Waals surface area contributed by atoms with Gasteiger partial charge in [0, 0.05) is 5.71 Å². The van der Waals surface area contributed by atoms with Crippen molar-refractivity contribution in [2.75, 3.05) is 0 Å². The highest BCUT2D eigenvalue weighted by molar-refractivity contribution is 5.90. The van der Waals surface area contributed by atoms with Crippen LogP contribution in [0.5, 0.6) is 0 Å². The van der Waals surface area contributed by atoms with Gasteiger partial charge in [-0.15, -0.1) is 6.54 Å². The summed E-state index contributed by atoms with van der Waals surface area (Å²) in [6.07, 6.45) is 1.77. The van der Waals surface area contributed by atoms with E-state index in [0.29, 0.717) is 12.3 Å². The average molecular weight is 187 g/mol. The zero-order chi connectivity index (χ0) is 10.4. The molecule has 2 nitrogen and oxygen atoms in total. The molecule has 1 aromatic rings. The lowest BCUT2D eigenvalue weighted by atomic mass is 10.2. The molecule has 2 heteroatoms. The Hall–Kier alpha value is -1.57. The maximum atomic E-state index is 7.27. The van der Waals surface area contributed by atoms with E-state index in [-0.39, 0.29) is 0 Å². The van der Waals surface area contributed by atoms with E-state index in [4.69, 9.17) is 5.41 Å². The zero-order valence-corrected chi connectivity index (χ0v) is 8.62. The molecule has 0 fully saturated rings. The maximum absolute atomic E-state index is 7.27. The van der Waals surface area contributed by atoms with Gasteiger partial charge in [0.1, 0.15) is 0 Å². The fourth-order valence-electron chi connectivity index (χ4n) is 1.16. The van der Waals surface area contributed by atoms with Crippen LogP contribution in [0.2, 0.25) is 0 Å². The fraction of sp³-hybridized carbons (Fsp3) is 0.250. The molecule has 0 radical (unpaired) electrons. The minimum Gasteiger partial charge on any atom is -0.684 e. The van der Waals surface area contributed by atoms with Gasteiger partial charge < -0.3 is 10.7 Å². The van der Waals surface area contributed by atoms with Gasteiger partial charge in [-0.3, -0.25) is 0 Å². The van der Waals surface area contributed by atoms with Crippen molar-refractivity contribution < 1.29 is 0 Å². The van der Waals surface area contributed by atoms with Gasteiger partial charge in [-0.05, 0) is 6.92 Å². The third kappa shape index (κ3) is 3.90. The van der Waals surface area contributed by atoms with Gasteiger partial charge in [-0.25, -0.2) is 0 Å². The van der Waals surface area contributed by atoms with Crippen molar-refractivity contribution in [2.45, 2.75) is 20.4 Å². The van der Waals surface area contributed by atoms with Gasteiger partial charge in [0.15, 0.2) is 0 Å². The van der Waals surface area contributed by atoms with Crippen molar-refractivity contribution in [1.29, 1.82) is 5.41 Å². The zero-order valence-electron chi connectivity index (χ0n) is 8.62. The molecule has 0 bridgehead atoms. The summed E-state index contributed by atoms with van der Waals surface area (Å²) in [5.74, 6) is 0. The Morgan fingerprint density at radius 1 is 1.29 bits per heavy atom. The first kappa shape index (κ1) is 10.5. The normalized spacial score (nSPS) is 11.1. The van der Waals surface area contributed by atoms with Crippen molar-refractivity contribution in [1.82, 2.24) is 0 Å². The summed E-state index contributed by atoms with van der Waals surface area (Å²) in [6.45, 7) is 4.36. The number of nitrogens with one attached hydrogen (secondary N) is 1. The Morgan fingerprint density at radius 2 is 1.93 bits per heavy atom. The second-order valence-corrected chi connectivity index (χ2v) is 3.27. The van der Waals surface area contributed by atoms with Crippen molar-refractivity contribution >= 4 is 5.71 Å². The minimum atomic E-state index is 0.541. The van der Waals surface area contributed by atoms with E-state index in [0.717, 1.165) is 5.70 Å². The summed E-state index contributed by atoms with van der Waals surface area (Å²) in [4.78, 5) is 0. The monoisotopic (exact) mass is 187 g/mol. The molecule has 0 saturated carbocycles. The van der Waals surface area contributed by atoms with Crippen LogP contribution in [0.3, 0.4) is 0 Å².